The van der Waals surface area contributed by atoms with Gasteiger partial charge in [0, 0.05) is 6.04 Å². The predicted octanol–water partition coefficient (Wildman–Crippen LogP) is 1.91. The molecule has 0 saturated heterocycles. The summed E-state index contributed by atoms with van der Waals surface area (Å²) in [6, 6.07) is 7.43. The first-order valence-corrected chi connectivity index (χ1v) is 6.46. The summed E-state index contributed by atoms with van der Waals surface area (Å²) in [5, 5.41) is 14.5. The van der Waals surface area contributed by atoms with Crippen LogP contribution in [0.1, 0.15) is 31.4 Å². The molecule has 0 aromatic heterocycles. The van der Waals surface area contributed by atoms with Gasteiger partial charge in [0.05, 0.1) is 0 Å². The third kappa shape index (κ3) is 3.47. The molecule has 102 valence electrons. The highest BCUT2D eigenvalue weighted by molar-refractivity contribution is 5.83. The number of rotatable bonds is 5. The molecule has 1 fully saturated rings. The molecule has 1 aliphatic carbocycles. The third-order valence-corrected chi connectivity index (χ3v) is 3.42. The van der Waals surface area contributed by atoms with Gasteiger partial charge in [-0.2, -0.15) is 0 Å². The van der Waals surface area contributed by atoms with Crippen LogP contribution >= 0.6 is 0 Å². The van der Waals surface area contributed by atoms with E-state index >= 15 is 0 Å². The SMILES string of the molecule is CCC1CC1NC(=O)N[C@@H](C(=O)O)c1ccccc1. The number of hydrogen-bond acceptors (Lipinski definition) is 2. The first-order valence-electron chi connectivity index (χ1n) is 6.46. The summed E-state index contributed by atoms with van der Waals surface area (Å²) < 4.78 is 0. The molecule has 0 aliphatic heterocycles. The summed E-state index contributed by atoms with van der Waals surface area (Å²) in [6.45, 7) is 2.08. The Kier molecular flexibility index (Phi) is 4.04. The first-order chi connectivity index (χ1) is 9.11. The number of benzene rings is 1. The van der Waals surface area contributed by atoms with E-state index in [0.717, 1.165) is 12.8 Å². The van der Waals surface area contributed by atoms with Crippen molar-refractivity contribution in [2.24, 2.45) is 5.92 Å². The van der Waals surface area contributed by atoms with Crippen LogP contribution in [0, 0.1) is 5.92 Å². The topological polar surface area (TPSA) is 78.4 Å². The van der Waals surface area contributed by atoms with Crippen molar-refractivity contribution in [3.63, 3.8) is 0 Å². The lowest BCUT2D eigenvalue weighted by molar-refractivity contribution is -0.139. The predicted molar refractivity (Wildman–Crippen MR) is 70.7 cm³/mol. The smallest absolute Gasteiger partial charge is 0.330 e. The Balaban J connectivity index is 1.94. The molecule has 3 atom stereocenters. The Labute approximate surface area is 112 Å². The van der Waals surface area contributed by atoms with Gasteiger partial charge in [-0.15, -0.1) is 0 Å². The Morgan fingerprint density at radius 1 is 1.37 bits per heavy atom. The zero-order valence-corrected chi connectivity index (χ0v) is 10.8. The van der Waals surface area contributed by atoms with Gasteiger partial charge in [0.15, 0.2) is 6.04 Å². The summed E-state index contributed by atoms with van der Waals surface area (Å²) >= 11 is 0. The highest BCUT2D eigenvalue weighted by Gasteiger charge is 2.37. The van der Waals surface area contributed by atoms with Gasteiger partial charge in [-0.25, -0.2) is 9.59 Å². The number of carbonyl (C=O) groups excluding carboxylic acids is 1. The summed E-state index contributed by atoms with van der Waals surface area (Å²) in [6.07, 6.45) is 2.01. The molecule has 1 aromatic carbocycles. The summed E-state index contributed by atoms with van der Waals surface area (Å²) in [5.74, 6) is -0.532. The van der Waals surface area contributed by atoms with Crippen molar-refractivity contribution >= 4 is 12.0 Å². The quantitative estimate of drug-likeness (QED) is 0.758. The standard InChI is InChI=1S/C14H18N2O3/c1-2-9-8-11(9)15-14(19)16-12(13(17)18)10-6-4-3-5-7-10/h3-7,9,11-12H,2,8H2,1H3,(H,17,18)(H2,15,16,19)/t9?,11?,12-/m1/s1. The van der Waals surface area contributed by atoms with E-state index in [2.05, 4.69) is 17.6 Å². The van der Waals surface area contributed by atoms with E-state index in [1.54, 1.807) is 30.3 Å². The van der Waals surface area contributed by atoms with Gasteiger partial charge in [-0.05, 0) is 17.9 Å². The van der Waals surface area contributed by atoms with Crippen LogP contribution < -0.4 is 10.6 Å². The maximum Gasteiger partial charge on any atom is 0.330 e. The van der Waals surface area contributed by atoms with Gasteiger partial charge < -0.3 is 15.7 Å². The van der Waals surface area contributed by atoms with E-state index in [1.807, 2.05) is 0 Å². The van der Waals surface area contributed by atoms with E-state index < -0.39 is 18.0 Å². The number of hydrogen-bond donors (Lipinski definition) is 3. The van der Waals surface area contributed by atoms with E-state index in [0.29, 0.717) is 11.5 Å². The Morgan fingerprint density at radius 2 is 2.05 bits per heavy atom. The van der Waals surface area contributed by atoms with Crippen molar-refractivity contribution in [2.75, 3.05) is 0 Å². The highest BCUT2D eigenvalue weighted by Crippen LogP contribution is 2.32. The lowest BCUT2D eigenvalue weighted by Crippen LogP contribution is -2.42. The maximum atomic E-state index is 11.8. The molecule has 2 unspecified atom stereocenters. The molecule has 0 radical (unpaired) electrons. The number of aliphatic carboxylic acids is 1. The average molecular weight is 262 g/mol. The second-order valence-electron chi connectivity index (χ2n) is 4.81. The van der Waals surface area contributed by atoms with Crippen LogP contribution in [-0.2, 0) is 4.79 Å². The van der Waals surface area contributed by atoms with Crippen LogP contribution in [0.5, 0.6) is 0 Å². The molecular formula is C14H18N2O3. The molecule has 2 rings (SSSR count). The maximum absolute atomic E-state index is 11.8. The fourth-order valence-electron chi connectivity index (χ4n) is 2.15. The second kappa shape index (κ2) is 5.73. The second-order valence-corrected chi connectivity index (χ2v) is 4.81. The van der Waals surface area contributed by atoms with Crippen molar-refractivity contribution in [3.05, 3.63) is 35.9 Å². The molecule has 1 aromatic rings. The van der Waals surface area contributed by atoms with Gasteiger partial charge in [0.2, 0.25) is 0 Å². The van der Waals surface area contributed by atoms with Gasteiger partial charge >= 0.3 is 12.0 Å². The Hall–Kier alpha value is -2.04. The van der Waals surface area contributed by atoms with E-state index in [1.165, 1.54) is 0 Å². The molecule has 0 bridgehead atoms. The largest absolute Gasteiger partial charge is 0.479 e. The van der Waals surface area contributed by atoms with Gasteiger partial charge in [-0.1, -0.05) is 43.7 Å². The summed E-state index contributed by atoms with van der Waals surface area (Å²) in [4.78, 5) is 23.0. The van der Waals surface area contributed by atoms with Crippen LogP contribution in [0.15, 0.2) is 30.3 Å². The van der Waals surface area contributed by atoms with Crippen LogP contribution in [0.2, 0.25) is 0 Å². The van der Waals surface area contributed by atoms with E-state index in [9.17, 15) is 14.7 Å². The van der Waals surface area contributed by atoms with Crippen LogP contribution in [0.3, 0.4) is 0 Å². The molecule has 1 aliphatic rings. The fraction of sp³-hybridized carbons (Fsp3) is 0.429. The molecule has 1 saturated carbocycles. The molecule has 0 spiro atoms. The van der Waals surface area contributed by atoms with Crippen molar-refractivity contribution < 1.29 is 14.7 Å². The summed E-state index contributed by atoms with van der Waals surface area (Å²) in [7, 11) is 0. The monoisotopic (exact) mass is 262 g/mol. The Bertz CT molecular complexity index is 461. The normalized spacial score (nSPS) is 22.4. The van der Waals surface area contributed by atoms with Gasteiger partial charge in [0.25, 0.3) is 0 Å². The lowest BCUT2D eigenvalue weighted by atomic mass is 10.1. The number of nitrogens with one attached hydrogen (secondary N) is 2. The van der Waals surface area contributed by atoms with Crippen LogP contribution in [0.25, 0.3) is 0 Å². The van der Waals surface area contributed by atoms with Crippen molar-refractivity contribution in [3.8, 4) is 0 Å². The van der Waals surface area contributed by atoms with Gasteiger partial charge in [0.1, 0.15) is 0 Å². The van der Waals surface area contributed by atoms with Crippen molar-refractivity contribution in [2.45, 2.75) is 31.8 Å². The van der Waals surface area contributed by atoms with E-state index in [4.69, 9.17) is 0 Å². The minimum Gasteiger partial charge on any atom is -0.479 e. The molecule has 0 heterocycles. The number of urea groups is 1. The lowest BCUT2D eigenvalue weighted by Gasteiger charge is -2.15. The third-order valence-electron chi connectivity index (χ3n) is 3.42. The van der Waals surface area contributed by atoms with Crippen molar-refractivity contribution in [1.82, 2.24) is 10.6 Å². The molecule has 5 heteroatoms. The molecule has 3 N–H and O–H groups in total. The first kappa shape index (κ1) is 13.4. The Morgan fingerprint density at radius 3 is 2.58 bits per heavy atom. The zero-order valence-electron chi connectivity index (χ0n) is 10.8. The van der Waals surface area contributed by atoms with Crippen molar-refractivity contribution in [1.29, 1.82) is 0 Å². The number of carboxylic acid groups (broad SMARTS) is 1. The number of carbonyl (C=O) groups is 2. The van der Waals surface area contributed by atoms with Crippen LogP contribution in [0.4, 0.5) is 4.79 Å². The minimum atomic E-state index is -1.07. The number of amides is 2. The molecule has 2 amide bonds. The highest BCUT2D eigenvalue weighted by atomic mass is 16.4. The minimum absolute atomic E-state index is 0.190. The van der Waals surface area contributed by atoms with Crippen LogP contribution in [-0.4, -0.2) is 23.1 Å². The summed E-state index contributed by atoms with van der Waals surface area (Å²) in [5.41, 5.74) is 0.563. The zero-order chi connectivity index (χ0) is 13.8. The molecular weight excluding hydrogens is 244 g/mol. The number of carboxylic acids is 1. The molecule has 19 heavy (non-hydrogen) atoms. The molecule has 5 nitrogen and oxygen atoms in total. The fourth-order valence-corrected chi connectivity index (χ4v) is 2.15. The van der Waals surface area contributed by atoms with E-state index in [-0.39, 0.29) is 6.04 Å². The van der Waals surface area contributed by atoms with Gasteiger partial charge in [-0.3, -0.25) is 0 Å². The average Bonchev–Trinajstić information content (AvgIpc) is 3.15.